The third-order valence-corrected chi connectivity index (χ3v) is 1.96. The van der Waals surface area contributed by atoms with Gasteiger partial charge in [0.1, 0.15) is 0 Å². The zero-order valence-electron chi connectivity index (χ0n) is 6.66. The number of rotatable bonds is 1. The Morgan fingerprint density at radius 1 is 1.29 bits per heavy atom. The number of hydrogen-bond donors (Lipinski definition) is 1. The summed E-state index contributed by atoms with van der Waals surface area (Å²) < 4.78 is 8.11. The van der Waals surface area contributed by atoms with Gasteiger partial charge in [-0.25, -0.2) is 4.79 Å². The monoisotopic (exact) mass is 234 g/mol. The largest absolute Gasteiger partial charge is 0.478 e. The molecule has 0 aromatic heterocycles. The van der Waals surface area contributed by atoms with E-state index in [-0.39, 0.29) is 11.3 Å². The fourth-order valence-electron chi connectivity index (χ4n) is 1.08. The molecule has 14 heavy (non-hydrogen) atoms. The average molecular weight is 235 g/mol. The highest BCUT2D eigenvalue weighted by Crippen LogP contribution is 2.43. The first-order valence-electron chi connectivity index (χ1n) is 3.61. The van der Waals surface area contributed by atoms with Crippen molar-refractivity contribution in [2.45, 2.75) is 4.71 Å². The molecule has 0 aliphatic carbocycles. The minimum atomic E-state index is -1.76. The molecular weight excluding hydrogens is 231 g/mol. The summed E-state index contributed by atoms with van der Waals surface area (Å²) >= 11 is 11.1. The van der Waals surface area contributed by atoms with Crippen LogP contribution in [0.1, 0.15) is 10.4 Å². The lowest BCUT2D eigenvalue weighted by molar-refractivity contribution is 0.0694. The lowest BCUT2D eigenvalue weighted by atomic mass is 10.2. The van der Waals surface area contributed by atoms with Crippen molar-refractivity contribution in [2.75, 3.05) is 0 Å². The number of aromatic carboxylic acids is 1. The van der Waals surface area contributed by atoms with Crippen LogP contribution >= 0.6 is 23.2 Å². The molecule has 4 nitrogen and oxygen atoms in total. The standard InChI is InChI=1S/C8H4Cl2O4/c9-8(10)13-5-2-1-4(7(11)12)3-6(5)14-8/h1-3H,(H,11,12). The molecule has 0 bridgehead atoms. The number of carboxylic acids is 1. The molecule has 1 N–H and O–H groups in total. The zero-order valence-corrected chi connectivity index (χ0v) is 8.17. The van der Waals surface area contributed by atoms with E-state index in [0.717, 1.165) is 0 Å². The Labute approximate surface area is 88.9 Å². The molecule has 0 unspecified atom stereocenters. The molecular formula is C8H4Cl2O4. The lowest BCUT2D eigenvalue weighted by Gasteiger charge is -2.09. The number of benzene rings is 1. The van der Waals surface area contributed by atoms with E-state index in [0.29, 0.717) is 5.75 Å². The van der Waals surface area contributed by atoms with E-state index in [1.54, 1.807) is 0 Å². The Hall–Kier alpha value is -1.13. The summed E-state index contributed by atoms with van der Waals surface area (Å²) in [4.78, 5) is 10.6. The van der Waals surface area contributed by atoms with Crippen LogP contribution in [-0.2, 0) is 0 Å². The van der Waals surface area contributed by atoms with Crippen molar-refractivity contribution < 1.29 is 19.4 Å². The molecule has 1 heterocycles. The molecule has 0 saturated heterocycles. The molecule has 1 aromatic carbocycles. The second kappa shape index (κ2) is 2.93. The first kappa shape index (κ1) is 9.43. The molecule has 2 rings (SSSR count). The Morgan fingerprint density at radius 3 is 2.57 bits per heavy atom. The van der Waals surface area contributed by atoms with Gasteiger partial charge in [0.05, 0.1) is 5.56 Å². The minimum absolute atomic E-state index is 0.0818. The van der Waals surface area contributed by atoms with E-state index in [4.69, 9.17) is 37.8 Å². The smallest absolute Gasteiger partial charge is 0.419 e. The number of alkyl halides is 2. The highest BCUT2D eigenvalue weighted by Gasteiger charge is 2.38. The zero-order chi connectivity index (χ0) is 10.3. The summed E-state index contributed by atoms with van der Waals surface area (Å²) in [6, 6.07) is 4.11. The van der Waals surface area contributed by atoms with E-state index in [9.17, 15) is 4.79 Å². The normalized spacial score (nSPS) is 16.7. The second-order valence-corrected chi connectivity index (χ2v) is 3.82. The summed E-state index contributed by atoms with van der Waals surface area (Å²) in [6.45, 7) is 0. The SMILES string of the molecule is O=C(O)c1ccc2c(c1)OC(Cl)(Cl)O2. The average Bonchev–Trinajstić information content (AvgIpc) is 2.36. The van der Waals surface area contributed by atoms with Gasteiger partial charge in [-0.1, -0.05) is 0 Å². The molecule has 6 heteroatoms. The molecule has 0 atom stereocenters. The van der Waals surface area contributed by atoms with Crippen LogP contribution in [0.2, 0.25) is 0 Å². The Bertz CT molecular complexity index is 402. The molecule has 0 amide bonds. The van der Waals surface area contributed by atoms with Crippen molar-refractivity contribution >= 4 is 29.2 Å². The molecule has 0 radical (unpaired) electrons. The van der Waals surface area contributed by atoms with Crippen molar-refractivity contribution in [1.82, 2.24) is 0 Å². The van der Waals surface area contributed by atoms with Crippen molar-refractivity contribution in [3.63, 3.8) is 0 Å². The molecule has 0 spiro atoms. The molecule has 1 aliphatic heterocycles. The van der Waals surface area contributed by atoms with Crippen molar-refractivity contribution in [3.8, 4) is 11.5 Å². The van der Waals surface area contributed by atoms with Crippen LogP contribution in [0.5, 0.6) is 11.5 Å². The molecule has 74 valence electrons. The van der Waals surface area contributed by atoms with Gasteiger partial charge in [-0.3, -0.25) is 0 Å². The van der Waals surface area contributed by atoms with Gasteiger partial charge in [0.2, 0.25) is 0 Å². The van der Waals surface area contributed by atoms with E-state index in [1.165, 1.54) is 18.2 Å². The number of carboxylic acid groups (broad SMARTS) is 1. The van der Waals surface area contributed by atoms with Crippen LogP contribution < -0.4 is 9.47 Å². The predicted octanol–water partition coefficient (Wildman–Crippen LogP) is 2.24. The summed E-state index contributed by atoms with van der Waals surface area (Å²) in [5.74, 6) is -0.520. The minimum Gasteiger partial charge on any atom is -0.478 e. The van der Waals surface area contributed by atoms with Crippen molar-refractivity contribution in [3.05, 3.63) is 23.8 Å². The van der Waals surface area contributed by atoms with Crippen LogP contribution in [0, 0.1) is 0 Å². The van der Waals surface area contributed by atoms with Gasteiger partial charge >= 0.3 is 10.7 Å². The third-order valence-electron chi connectivity index (χ3n) is 1.65. The first-order valence-corrected chi connectivity index (χ1v) is 4.37. The fraction of sp³-hybridized carbons (Fsp3) is 0.125. The maximum Gasteiger partial charge on any atom is 0.419 e. The molecule has 1 aliphatic rings. The number of hydrogen-bond acceptors (Lipinski definition) is 3. The van der Waals surface area contributed by atoms with Crippen LogP contribution in [0.25, 0.3) is 0 Å². The van der Waals surface area contributed by atoms with Crippen LogP contribution in [0.3, 0.4) is 0 Å². The van der Waals surface area contributed by atoms with Gasteiger partial charge in [-0.2, -0.15) is 0 Å². The molecule has 0 saturated carbocycles. The van der Waals surface area contributed by atoms with Crippen LogP contribution in [0.4, 0.5) is 0 Å². The topological polar surface area (TPSA) is 55.8 Å². The number of ether oxygens (including phenoxy) is 2. The van der Waals surface area contributed by atoms with E-state index >= 15 is 0 Å². The quantitative estimate of drug-likeness (QED) is 0.758. The van der Waals surface area contributed by atoms with Gasteiger partial charge in [-0.05, 0) is 41.4 Å². The fourth-order valence-corrected chi connectivity index (χ4v) is 1.41. The van der Waals surface area contributed by atoms with Gasteiger partial charge in [0.15, 0.2) is 11.5 Å². The summed E-state index contributed by atoms with van der Waals surface area (Å²) in [5.41, 5.74) is 0.0818. The number of halogens is 2. The van der Waals surface area contributed by atoms with Crippen LogP contribution in [-0.4, -0.2) is 15.8 Å². The summed E-state index contributed by atoms with van der Waals surface area (Å²) in [7, 11) is 0. The predicted molar refractivity (Wildman–Crippen MR) is 49.1 cm³/mol. The van der Waals surface area contributed by atoms with Gasteiger partial charge in [-0.15, -0.1) is 0 Å². The maximum atomic E-state index is 10.6. The second-order valence-electron chi connectivity index (χ2n) is 2.63. The highest BCUT2D eigenvalue weighted by atomic mass is 35.5. The van der Waals surface area contributed by atoms with Gasteiger partial charge in [0, 0.05) is 0 Å². The van der Waals surface area contributed by atoms with Crippen molar-refractivity contribution in [1.29, 1.82) is 0 Å². The third kappa shape index (κ3) is 1.58. The Morgan fingerprint density at radius 2 is 1.93 bits per heavy atom. The van der Waals surface area contributed by atoms with Crippen molar-refractivity contribution in [2.24, 2.45) is 0 Å². The maximum absolute atomic E-state index is 10.6. The van der Waals surface area contributed by atoms with Gasteiger partial charge < -0.3 is 14.6 Å². The lowest BCUT2D eigenvalue weighted by Crippen LogP contribution is -2.22. The van der Waals surface area contributed by atoms with Crippen LogP contribution in [0.15, 0.2) is 18.2 Å². The summed E-state index contributed by atoms with van der Waals surface area (Å²) in [5, 5.41) is 8.68. The molecule has 0 fully saturated rings. The van der Waals surface area contributed by atoms with Gasteiger partial charge in [0.25, 0.3) is 0 Å². The van der Waals surface area contributed by atoms with E-state index < -0.39 is 10.7 Å². The highest BCUT2D eigenvalue weighted by molar-refractivity contribution is 6.46. The summed E-state index contributed by atoms with van der Waals surface area (Å²) in [6.07, 6.45) is 0. The van der Waals surface area contributed by atoms with E-state index in [1.807, 2.05) is 0 Å². The number of carbonyl (C=O) groups is 1. The number of fused-ring (bicyclic) bond motifs is 1. The first-order chi connectivity index (χ1) is 6.48. The Balaban J connectivity index is 2.40. The Kier molecular flexibility index (Phi) is 1.97. The van der Waals surface area contributed by atoms with E-state index in [2.05, 4.69) is 0 Å². The molecule has 1 aromatic rings.